The molecule has 104 valence electrons. The van der Waals surface area contributed by atoms with E-state index in [-0.39, 0.29) is 5.92 Å². The zero-order valence-electron chi connectivity index (χ0n) is 12.5. The third kappa shape index (κ3) is 3.26. The van der Waals surface area contributed by atoms with Crippen molar-refractivity contribution in [3.05, 3.63) is 0 Å². The summed E-state index contributed by atoms with van der Waals surface area (Å²) in [5.41, 5.74) is -0.348. The maximum Gasteiger partial charge on any atom is 0.0805 e. The lowest BCUT2D eigenvalue weighted by Crippen LogP contribution is -2.43. The SMILES string of the molecule is CCCC(C#N)C1(O)CCC(C(C)(C)CC)CC1. The predicted molar refractivity (Wildman–Crippen MR) is 75.0 cm³/mol. The molecule has 1 unspecified atom stereocenters. The van der Waals surface area contributed by atoms with Gasteiger partial charge in [0.15, 0.2) is 0 Å². The molecule has 1 atom stereocenters. The molecule has 1 N–H and O–H groups in total. The number of nitriles is 1. The molecule has 0 aromatic heterocycles. The minimum Gasteiger partial charge on any atom is -0.389 e. The van der Waals surface area contributed by atoms with Crippen LogP contribution in [-0.4, -0.2) is 10.7 Å². The molecule has 2 heteroatoms. The Bertz CT molecular complexity index is 295. The fourth-order valence-corrected chi connectivity index (χ4v) is 3.28. The van der Waals surface area contributed by atoms with Crippen molar-refractivity contribution in [1.82, 2.24) is 0 Å². The molecule has 0 aromatic rings. The Labute approximate surface area is 112 Å². The summed E-state index contributed by atoms with van der Waals surface area (Å²) in [6.45, 7) is 8.99. The first-order chi connectivity index (χ1) is 8.39. The van der Waals surface area contributed by atoms with Gasteiger partial charge in [-0.25, -0.2) is 0 Å². The van der Waals surface area contributed by atoms with Gasteiger partial charge in [-0.1, -0.05) is 40.5 Å². The molecule has 0 aromatic carbocycles. The largest absolute Gasteiger partial charge is 0.389 e. The highest BCUT2D eigenvalue weighted by Crippen LogP contribution is 2.46. The van der Waals surface area contributed by atoms with Crippen LogP contribution in [0.5, 0.6) is 0 Å². The highest BCUT2D eigenvalue weighted by Gasteiger charge is 2.42. The average molecular weight is 251 g/mol. The Kier molecular flexibility index (Phi) is 5.22. The lowest BCUT2D eigenvalue weighted by atomic mass is 9.64. The smallest absolute Gasteiger partial charge is 0.0805 e. The van der Waals surface area contributed by atoms with E-state index in [1.165, 1.54) is 6.42 Å². The van der Waals surface area contributed by atoms with Crippen molar-refractivity contribution in [2.45, 2.75) is 78.2 Å². The number of nitrogens with zero attached hydrogens (tertiary/aromatic N) is 1. The minimum absolute atomic E-state index is 0.173. The molecule has 0 radical (unpaired) electrons. The fourth-order valence-electron chi connectivity index (χ4n) is 3.28. The van der Waals surface area contributed by atoms with Crippen LogP contribution in [0.4, 0.5) is 0 Å². The zero-order chi connectivity index (χ0) is 13.8. The Morgan fingerprint density at radius 2 is 1.89 bits per heavy atom. The van der Waals surface area contributed by atoms with Crippen molar-refractivity contribution in [2.75, 3.05) is 0 Å². The van der Waals surface area contributed by atoms with Crippen molar-refractivity contribution in [2.24, 2.45) is 17.3 Å². The molecule has 0 bridgehead atoms. The van der Waals surface area contributed by atoms with Crippen molar-refractivity contribution >= 4 is 0 Å². The Morgan fingerprint density at radius 1 is 1.33 bits per heavy atom. The summed E-state index contributed by atoms with van der Waals surface area (Å²) in [5.74, 6) is 0.525. The summed E-state index contributed by atoms with van der Waals surface area (Å²) < 4.78 is 0. The van der Waals surface area contributed by atoms with Gasteiger partial charge in [-0.2, -0.15) is 5.26 Å². The summed E-state index contributed by atoms with van der Waals surface area (Å²) in [7, 11) is 0. The lowest BCUT2D eigenvalue weighted by Gasteiger charge is -2.44. The van der Waals surface area contributed by atoms with Crippen molar-refractivity contribution in [1.29, 1.82) is 5.26 Å². The van der Waals surface area contributed by atoms with Crippen LogP contribution < -0.4 is 0 Å². The summed E-state index contributed by atoms with van der Waals surface area (Å²) in [5, 5.41) is 19.9. The molecule has 0 saturated heterocycles. The van der Waals surface area contributed by atoms with Gasteiger partial charge in [0, 0.05) is 0 Å². The van der Waals surface area contributed by atoms with E-state index < -0.39 is 5.60 Å². The molecule has 1 fully saturated rings. The first kappa shape index (κ1) is 15.5. The predicted octanol–water partition coefficient (Wildman–Crippen LogP) is 4.28. The fraction of sp³-hybridized carbons (Fsp3) is 0.938. The van der Waals surface area contributed by atoms with Gasteiger partial charge in [0.25, 0.3) is 0 Å². The van der Waals surface area contributed by atoms with E-state index in [1.54, 1.807) is 0 Å². The quantitative estimate of drug-likeness (QED) is 0.792. The van der Waals surface area contributed by atoms with Gasteiger partial charge in [0.05, 0.1) is 17.6 Å². The third-order valence-electron chi connectivity index (χ3n) is 5.25. The molecule has 0 spiro atoms. The maximum atomic E-state index is 10.7. The minimum atomic E-state index is -0.717. The van der Waals surface area contributed by atoms with E-state index in [2.05, 4.69) is 33.8 Å². The maximum absolute atomic E-state index is 10.7. The van der Waals surface area contributed by atoms with Crippen LogP contribution >= 0.6 is 0 Å². The zero-order valence-corrected chi connectivity index (χ0v) is 12.5. The summed E-state index contributed by atoms with van der Waals surface area (Å²) in [6.07, 6.45) is 6.74. The van der Waals surface area contributed by atoms with Crippen molar-refractivity contribution in [3.63, 3.8) is 0 Å². The first-order valence-corrected chi connectivity index (χ1v) is 7.51. The molecular formula is C16H29NO. The van der Waals surface area contributed by atoms with Crippen LogP contribution in [-0.2, 0) is 0 Å². The molecule has 0 heterocycles. The molecule has 1 aliphatic carbocycles. The van der Waals surface area contributed by atoms with Gasteiger partial charge in [0.2, 0.25) is 0 Å². The number of hydrogen-bond donors (Lipinski definition) is 1. The van der Waals surface area contributed by atoms with Crippen LogP contribution in [0.2, 0.25) is 0 Å². The second-order valence-electron chi connectivity index (χ2n) is 6.69. The molecular weight excluding hydrogens is 222 g/mol. The van der Waals surface area contributed by atoms with Crippen LogP contribution in [0, 0.1) is 28.6 Å². The van der Waals surface area contributed by atoms with Crippen LogP contribution in [0.25, 0.3) is 0 Å². The number of rotatable bonds is 5. The Balaban J connectivity index is 2.64. The van der Waals surface area contributed by atoms with Gasteiger partial charge in [-0.3, -0.25) is 0 Å². The van der Waals surface area contributed by atoms with Gasteiger partial charge in [-0.05, 0) is 43.4 Å². The molecule has 1 rings (SSSR count). The van der Waals surface area contributed by atoms with E-state index in [4.69, 9.17) is 0 Å². The monoisotopic (exact) mass is 251 g/mol. The Hall–Kier alpha value is -0.550. The normalized spacial score (nSPS) is 30.8. The van der Waals surface area contributed by atoms with Crippen LogP contribution in [0.15, 0.2) is 0 Å². The Morgan fingerprint density at radius 3 is 2.28 bits per heavy atom. The molecule has 0 amide bonds. The number of hydrogen-bond acceptors (Lipinski definition) is 2. The molecule has 1 aliphatic rings. The first-order valence-electron chi connectivity index (χ1n) is 7.51. The summed E-state index contributed by atoms with van der Waals surface area (Å²) in [4.78, 5) is 0. The number of aliphatic hydroxyl groups is 1. The van der Waals surface area contributed by atoms with Crippen LogP contribution in [0.3, 0.4) is 0 Å². The lowest BCUT2D eigenvalue weighted by molar-refractivity contribution is -0.0582. The van der Waals surface area contributed by atoms with E-state index in [0.717, 1.165) is 38.5 Å². The standard InChI is InChI=1S/C16H29NO/c1-5-7-14(12-17)16(18)10-8-13(9-11-16)15(3,4)6-2/h13-14,18H,5-11H2,1-4H3. The van der Waals surface area contributed by atoms with Gasteiger partial charge >= 0.3 is 0 Å². The molecule has 0 aliphatic heterocycles. The van der Waals surface area contributed by atoms with Crippen molar-refractivity contribution < 1.29 is 5.11 Å². The summed E-state index contributed by atoms with van der Waals surface area (Å²) >= 11 is 0. The average Bonchev–Trinajstić information content (AvgIpc) is 2.36. The highest BCUT2D eigenvalue weighted by molar-refractivity contribution is 5.01. The van der Waals surface area contributed by atoms with E-state index >= 15 is 0 Å². The highest BCUT2D eigenvalue weighted by atomic mass is 16.3. The second-order valence-corrected chi connectivity index (χ2v) is 6.69. The van der Waals surface area contributed by atoms with Gasteiger partial charge in [0.1, 0.15) is 0 Å². The summed E-state index contributed by atoms with van der Waals surface area (Å²) in [6, 6.07) is 2.33. The third-order valence-corrected chi connectivity index (χ3v) is 5.25. The molecule has 2 nitrogen and oxygen atoms in total. The molecule has 1 saturated carbocycles. The van der Waals surface area contributed by atoms with Gasteiger partial charge < -0.3 is 5.11 Å². The van der Waals surface area contributed by atoms with E-state index in [0.29, 0.717) is 11.3 Å². The van der Waals surface area contributed by atoms with Crippen LogP contribution in [0.1, 0.15) is 72.6 Å². The topological polar surface area (TPSA) is 44.0 Å². The van der Waals surface area contributed by atoms with Gasteiger partial charge in [-0.15, -0.1) is 0 Å². The van der Waals surface area contributed by atoms with E-state index in [1.807, 2.05) is 0 Å². The van der Waals surface area contributed by atoms with E-state index in [9.17, 15) is 10.4 Å². The molecule has 18 heavy (non-hydrogen) atoms. The van der Waals surface area contributed by atoms with Crippen molar-refractivity contribution in [3.8, 4) is 6.07 Å². The second kappa shape index (κ2) is 6.06.